The van der Waals surface area contributed by atoms with Crippen molar-refractivity contribution in [2.75, 3.05) is 0 Å². The van der Waals surface area contributed by atoms with Crippen molar-refractivity contribution in [2.24, 2.45) is 0 Å². The highest BCUT2D eigenvalue weighted by Gasteiger charge is 2.31. The molecule has 0 fully saturated rings. The third kappa shape index (κ3) is 3.54. The summed E-state index contributed by atoms with van der Waals surface area (Å²) >= 11 is 5.71. The fourth-order valence-electron chi connectivity index (χ4n) is 2.07. The molecule has 0 aliphatic heterocycles. The molecule has 6 heteroatoms. The molecule has 2 aromatic carbocycles. The fraction of sp³-hybridized carbons (Fsp3) is 0.200. The number of rotatable bonds is 2. The molecule has 1 unspecified atom stereocenters. The quantitative estimate of drug-likeness (QED) is 0.782. The summed E-state index contributed by atoms with van der Waals surface area (Å²) in [5, 5.41) is 10.3. The van der Waals surface area contributed by atoms with Crippen LogP contribution in [-0.4, -0.2) is 5.11 Å². The average molecular weight is 319 g/mol. The van der Waals surface area contributed by atoms with E-state index in [-0.39, 0.29) is 21.7 Å². The van der Waals surface area contributed by atoms with Crippen LogP contribution >= 0.6 is 11.6 Å². The second-order valence-electron chi connectivity index (χ2n) is 4.67. The Kier molecular flexibility index (Phi) is 4.25. The summed E-state index contributed by atoms with van der Waals surface area (Å²) in [7, 11) is 0. The van der Waals surface area contributed by atoms with Gasteiger partial charge in [0, 0.05) is 5.02 Å². The van der Waals surface area contributed by atoms with Crippen LogP contribution in [0.3, 0.4) is 0 Å². The molecular formula is C15H11ClF4O. The topological polar surface area (TPSA) is 20.2 Å². The van der Waals surface area contributed by atoms with Crippen molar-refractivity contribution in [2.45, 2.75) is 19.2 Å². The molecule has 0 aliphatic carbocycles. The van der Waals surface area contributed by atoms with Gasteiger partial charge in [0.15, 0.2) is 0 Å². The van der Waals surface area contributed by atoms with Gasteiger partial charge in [-0.15, -0.1) is 0 Å². The number of halogens is 5. The number of aliphatic hydroxyl groups is 1. The second-order valence-corrected chi connectivity index (χ2v) is 5.11. The van der Waals surface area contributed by atoms with E-state index in [1.165, 1.54) is 19.1 Å². The Morgan fingerprint density at radius 2 is 1.76 bits per heavy atom. The number of hydrogen-bond donors (Lipinski definition) is 1. The summed E-state index contributed by atoms with van der Waals surface area (Å²) in [5.74, 6) is -0.624. The molecule has 0 aliphatic rings. The lowest BCUT2D eigenvalue weighted by atomic mass is 9.96. The minimum absolute atomic E-state index is 0.105. The number of aryl methyl sites for hydroxylation is 1. The third-order valence-corrected chi connectivity index (χ3v) is 3.31. The smallest absolute Gasteiger partial charge is 0.384 e. The van der Waals surface area contributed by atoms with Crippen LogP contribution in [0.2, 0.25) is 5.02 Å². The Morgan fingerprint density at radius 1 is 1.10 bits per heavy atom. The lowest BCUT2D eigenvalue weighted by Gasteiger charge is -2.16. The van der Waals surface area contributed by atoms with E-state index in [4.69, 9.17) is 11.6 Å². The zero-order chi connectivity index (χ0) is 15.8. The summed E-state index contributed by atoms with van der Waals surface area (Å²) in [6.45, 7) is 1.45. The lowest BCUT2D eigenvalue weighted by Crippen LogP contribution is -2.08. The minimum Gasteiger partial charge on any atom is -0.384 e. The first-order valence-electron chi connectivity index (χ1n) is 6.00. The SMILES string of the molecule is Cc1cc(C(F)(F)F)ccc1C(O)c1cc(F)cc(Cl)c1. The standard InChI is InChI=1S/C15H11ClF4O/c1-8-4-10(15(18,19)20)2-3-13(8)14(21)9-5-11(16)7-12(17)6-9/h2-7,14,21H,1H3. The number of alkyl halides is 3. The monoisotopic (exact) mass is 318 g/mol. The van der Waals surface area contributed by atoms with E-state index in [2.05, 4.69) is 0 Å². The van der Waals surface area contributed by atoms with Crippen LogP contribution in [-0.2, 0) is 6.18 Å². The molecule has 0 radical (unpaired) electrons. The van der Waals surface area contributed by atoms with Gasteiger partial charge in [-0.05, 0) is 53.9 Å². The molecule has 1 atom stereocenters. The van der Waals surface area contributed by atoms with Crippen LogP contribution < -0.4 is 0 Å². The van der Waals surface area contributed by atoms with Gasteiger partial charge in [-0.1, -0.05) is 17.7 Å². The predicted octanol–water partition coefficient (Wildman–Crippen LogP) is 4.89. The van der Waals surface area contributed by atoms with Gasteiger partial charge < -0.3 is 5.11 Å². The molecule has 0 saturated heterocycles. The van der Waals surface area contributed by atoms with Crippen molar-refractivity contribution in [3.63, 3.8) is 0 Å². The second kappa shape index (κ2) is 5.66. The molecule has 1 nitrogen and oxygen atoms in total. The predicted molar refractivity (Wildman–Crippen MR) is 71.7 cm³/mol. The minimum atomic E-state index is -4.45. The van der Waals surface area contributed by atoms with Crippen molar-refractivity contribution in [3.05, 3.63) is 69.5 Å². The zero-order valence-electron chi connectivity index (χ0n) is 10.9. The van der Waals surface area contributed by atoms with Crippen LogP contribution in [0.15, 0.2) is 36.4 Å². The van der Waals surface area contributed by atoms with Gasteiger partial charge in [-0.3, -0.25) is 0 Å². The van der Waals surface area contributed by atoms with E-state index >= 15 is 0 Å². The molecule has 0 aromatic heterocycles. The molecule has 0 heterocycles. The van der Waals surface area contributed by atoms with E-state index < -0.39 is 23.7 Å². The maximum Gasteiger partial charge on any atom is 0.416 e. The molecule has 21 heavy (non-hydrogen) atoms. The molecule has 0 saturated carbocycles. The van der Waals surface area contributed by atoms with Crippen LogP contribution in [0, 0.1) is 12.7 Å². The van der Waals surface area contributed by atoms with Gasteiger partial charge in [-0.2, -0.15) is 13.2 Å². The average Bonchev–Trinajstić information content (AvgIpc) is 2.35. The summed E-state index contributed by atoms with van der Waals surface area (Å²) in [5.41, 5.74) is -0.0848. The normalized spacial score (nSPS) is 13.3. The van der Waals surface area contributed by atoms with Crippen LogP contribution in [0.5, 0.6) is 0 Å². The highest BCUT2D eigenvalue weighted by atomic mass is 35.5. The molecule has 2 aromatic rings. The van der Waals surface area contributed by atoms with Gasteiger partial charge in [-0.25, -0.2) is 4.39 Å². The Bertz CT molecular complexity index is 647. The largest absolute Gasteiger partial charge is 0.416 e. The molecule has 112 valence electrons. The lowest BCUT2D eigenvalue weighted by molar-refractivity contribution is -0.137. The maximum atomic E-state index is 13.3. The van der Waals surface area contributed by atoms with E-state index in [9.17, 15) is 22.7 Å². The Labute approximate surface area is 123 Å². The number of aliphatic hydroxyl groups excluding tert-OH is 1. The van der Waals surface area contributed by atoms with Gasteiger partial charge in [0.1, 0.15) is 11.9 Å². The van der Waals surface area contributed by atoms with Crippen molar-refractivity contribution >= 4 is 11.6 Å². The Morgan fingerprint density at radius 3 is 2.29 bits per heavy atom. The maximum absolute atomic E-state index is 13.3. The Hall–Kier alpha value is -1.59. The zero-order valence-corrected chi connectivity index (χ0v) is 11.6. The highest BCUT2D eigenvalue weighted by molar-refractivity contribution is 6.30. The highest BCUT2D eigenvalue weighted by Crippen LogP contribution is 2.33. The number of hydrogen-bond acceptors (Lipinski definition) is 1. The molecular weight excluding hydrogens is 308 g/mol. The molecule has 0 spiro atoms. The van der Waals surface area contributed by atoms with E-state index in [1.807, 2.05) is 0 Å². The van der Waals surface area contributed by atoms with Crippen molar-refractivity contribution in [3.8, 4) is 0 Å². The first-order valence-corrected chi connectivity index (χ1v) is 6.38. The van der Waals surface area contributed by atoms with Gasteiger partial charge >= 0.3 is 6.18 Å². The molecule has 2 rings (SSSR count). The summed E-state index contributed by atoms with van der Waals surface area (Å²) < 4.78 is 51.1. The van der Waals surface area contributed by atoms with Crippen LogP contribution in [0.4, 0.5) is 17.6 Å². The van der Waals surface area contributed by atoms with Gasteiger partial charge in [0.2, 0.25) is 0 Å². The van der Waals surface area contributed by atoms with Crippen molar-refractivity contribution in [1.29, 1.82) is 0 Å². The van der Waals surface area contributed by atoms with Gasteiger partial charge in [0.05, 0.1) is 5.56 Å². The van der Waals surface area contributed by atoms with Crippen molar-refractivity contribution < 1.29 is 22.7 Å². The first-order chi connectivity index (χ1) is 9.68. The molecule has 1 N–H and O–H groups in total. The third-order valence-electron chi connectivity index (χ3n) is 3.09. The molecule has 0 amide bonds. The Balaban J connectivity index is 2.42. The molecule has 0 bridgehead atoms. The summed E-state index contributed by atoms with van der Waals surface area (Å²) in [4.78, 5) is 0. The van der Waals surface area contributed by atoms with E-state index in [1.54, 1.807) is 0 Å². The summed E-state index contributed by atoms with van der Waals surface area (Å²) in [6.07, 6.45) is -5.70. The fourth-order valence-corrected chi connectivity index (χ4v) is 2.30. The first kappa shape index (κ1) is 15.8. The van der Waals surface area contributed by atoms with Crippen LogP contribution in [0.25, 0.3) is 0 Å². The van der Waals surface area contributed by atoms with E-state index in [0.29, 0.717) is 0 Å². The number of benzene rings is 2. The summed E-state index contributed by atoms with van der Waals surface area (Å²) in [6, 6.07) is 6.55. The van der Waals surface area contributed by atoms with Gasteiger partial charge in [0.25, 0.3) is 0 Å². The van der Waals surface area contributed by atoms with Crippen molar-refractivity contribution in [1.82, 2.24) is 0 Å². The van der Waals surface area contributed by atoms with E-state index in [0.717, 1.165) is 24.3 Å². The van der Waals surface area contributed by atoms with Crippen LogP contribution in [0.1, 0.15) is 28.4 Å².